The fraction of sp³-hybridized carbons (Fsp3) is 0.538. The summed E-state index contributed by atoms with van der Waals surface area (Å²) < 4.78 is 11.6. The molecular formula is C13H16BrNO4S. The number of nitrogens with zero attached hydrogens (tertiary/aromatic N) is 1. The summed E-state index contributed by atoms with van der Waals surface area (Å²) >= 11 is 7.66. The molecule has 1 aromatic carbocycles. The second-order valence-corrected chi connectivity index (χ2v) is 6.01. The summed E-state index contributed by atoms with van der Waals surface area (Å²) in [6.07, 6.45) is 1.78. The van der Waals surface area contributed by atoms with Crippen LogP contribution in [-0.2, 0) is 4.74 Å². The highest BCUT2D eigenvalue weighted by Gasteiger charge is 2.32. The second kappa shape index (κ2) is 6.78. The second-order valence-electron chi connectivity index (χ2n) is 4.91. The van der Waals surface area contributed by atoms with Gasteiger partial charge in [0, 0.05) is 24.7 Å². The number of halogens is 1. The van der Waals surface area contributed by atoms with E-state index in [-0.39, 0.29) is 11.1 Å². The molecule has 1 fully saturated rings. The molecule has 1 heterocycles. The molecule has 0 spiro atoms. The average molecular weight is 362 g/mol. The van der Waals surface area contributed by atoms with E-state index in [1.807, 2.05) is 0 Å². The molecule has 0 amide bonds. The number of nitro benzene ring substituents is 1. The van der Waals surface area contributed by atoms with Crippen molar-refractivity contribution in [2.45, 2.75) is 12.8 Å². The molecule has 1 aromatic rings. The molecule has 0 aromatic heterocycles. The van der Waals surface area contributed by atoms with Gasteiger partial charge in [-0.25, -0.2) is 0 Å². The molecular weight excluding hydrogens is 346 g/mol. The molecule has 0 N–H and O–H groups in total. The lowest BCUT2D eigenvalue weighted by Crippen LogP contribution is -2.36. The van der Waals surface area contributed by atoms with Crippen LogP contribution in [0.25, 0.3) is 0 Å². The summed E-state index contributed by atoms with van der Waals surface area (Å²) in [5.74, 6) is 1.20. The molecule has 0 radical (unpaired) electrons. The fourth-order valence-corrected chi connectivity index (χ4v) is 3.07. The Morgan fingerprint density at radius 1 is 1.45 bits per heavy atom. The van der Waals surface area contributed by atoms with Crippen molar-refractivity contribution in [3.8, 4) is 5.75 Å². The lowest BCUT2D eigenvalue weighted by Gasteiger charge is -2.35. The third kappa shape index (κ3) is 3.45. The largest absolute Gasteiger partial charge is 0.492 e. The van der Waals surface area contributed by atoms with Crippen LogP contribution < -0.4 is 4.74 Å². The summed E-state index contributed by atoms with van der Waals surface area (Å²) in [6.45, 7) is 1.90. The minimum atomic E-state index is -0.431. The van der Waals surface area contributed by atoms with E-state index >= 15 is 0 Å². The van der Waals surface area contributed by atoms with Crippen molar-refractivity contribution >= 4 is 34.2 Å². The summed E-state index contributed by atoms with van der Waals surface area (Å²) in [5, 5.41) is 10.9. The Labute approximate surface area is 131 Å². The van der Waals surface area contributed by atoms with Gasteiger partial charge < -0.3 is 9.47 Å². The fourth-order valence-electron chi connectivity index (χ4n) is 2.14. The van der Waals surface area contributed by atoms with E-state index in [0.717, 1.165) is 12.8 Å². The standard InChI is InChI=1S/C13H16BrNO4S/c14-12-10(15(16)17)2-1-3-11(12)19-8-13(9-20)4-6-18-7-5-13/h1-3,20H,4-9H2. The third-order valence-corrected chi connectivity index (χ3v) is 5.03. The van der Waals surface area contributed by atoms with E-state index in [1.54, 1.807) is 12.1 Å². The van der Waals surface area contributed by atoms with E-state index in [1.165, 1.54) is 6.07 Å². The molecule has 5 nitrogen and oxygen atoms in total. The number of hydrogen-bond donors (Lipinski definition) is 1. The number of benzene rings is 1. The van der Waals surface area contributed by atoms with Gasteiger partial charge >= 0.3 is 0 Å². The summed E-state index contributed by atoms with van der Waals surface area (Å²) in [5.41, 5.74) is -0.0137. The molecule has 20 heavy (non-hydrogen) atoms. The van der Waals surface area contributed by atoms with Gasteiger partial charge in [0.05, 0.1) is 11.5 Å². The summed E-state index contributed by atoms with van der Waals surface area (Å²) in [7, 11) is 0. The lowest BCUT2D eigenvalue weighted by molar-refractivity contribution is -0.385. The van der Waals surface area contributed by atoms with Gasteiger partial charge in [0.15, 0.2) is 0 Å². The van der Waals surface area contributed by atoms with Gasteiger partial charge in [-0.1, -0.05) is 6.07 Å². The molecule has 7 heteroatoms. The smallest absolute Gasteiger partial charge is 0.287 e. The Morgan fingerprint density at radius 2 is 2.15 bits per heavy atom. The number of rotatable bonds is 5. The number of hydrogen-bond acceptors (Lipinski definition) is 5. The average Bonchev–Trinajstić information content (AvgIpc) is 2.47. The zero-order chi connectivity index (χ0) is 14.6. The maximum absolute atomic E-state index is 10.9. The van der Waals surface area contributed by atoms with Crippen LogP contribution >= 0.6 is 28.6 Å². The molecule has 0 saturated carbocycles. The van der Waals surface area contributed by atoms with Gasteiger partial charge in [0.2, 0.25) is 0 Å². The Bertz CT molecular complexity index is 491. The maximum atomic E-state index is 10.9. The first-order valence-electron chi connectivity index (χ1n) is 6.32. The monoisotopic (exact) mass is 361 g/mol. The molecule has 0 unspecified atom stereocenters. The molecule has 1 saturated heterocycles. The zero-order valence-electron chi connectivity index (χ0n) is 10.9. The first kappa shape index (κ1) is 15.6. The van der Waals surface area contributed by atoms with Crippen LogP contribution in [0.4, 0.5) is 5.69 Å². The predicted molar refractivity (Wildman–Crippen MR) is 82.6 cm³/mol. The molecule has 0 aliphatic carbocycles. The minimum absolute atomic E-state index is 0.00870. The van der Waals surface area contributed by atoms with E-state index in [2.05, 4.69) is 28.6 Å². The number of nitro groups is 1. The normalized spacial score (nSPS) is 17.7. The van der Waals surface area contributed by atoms with E-state index in [0.29, 0.717) is 35.8 Å². The van der Waals surface area contributed by atoms with Gasteiger partial charge in [-0.05, 0) is 40.6 Å². The maximum Gasteiger partial charge on any atom is 0.287 e. The molecule has 0 atom stereocenters. The molecule has 110 valence electrons. The van der Waals surface area contributed by atoms with E-state index < -0.39 is 4.92 Å². The van der Waals surface area contributed by atoms with Gasteiger partial charge in [0.25, 0.3) is 5.69 Å². The van der Waals surface area contributed by atoms with Gasteiger partial charge in [-0.15, -0.1) is 0 Å². The van der Waals surface area contributed by atoms with Crippen LogP contribution in [0.1, 0.15) is 12.8 Å². The van der Waals surface area contributed by atoms with Crippen LogP contribution in [0.3, 0.4) is 0 Å². The molecule has 1 aliphatic rings. The van der Waals surface area contributed by atoms with Crippen molar-refractivity contribution < 1.29 is 14.4 Å². The Hall–Kier alpha value is -0.790. The quantitative estimate of drug-likeness (QED) is 0.495. The van der Waals surface area contributed by atoms with Crippen molar-refractivity contribution in [1.82, 2.24) is 0 Å². The summed E-state index contributed by atoms with van der Waals surface area (Å²) in [4.78, 5) is 10.5. The van der Waals surface area contributed by atoms with Crippen LogP contribution in [-0.4, -0.2) is 30.5 Å². The molecule has 1 aliphatic heterocycles. The lowest BCUT2D eigenvalue weighted by atomic mass is 9.83. The van der Waals surface area contributed by atoms with Crippen LogP contribution in [0.2, 0.25) is 0 Å². The van der Waals surface area contributed by atoms with E-state index in [9.17, 15) is 10.1 Å². The molecule has 0 bridgehead atoms. The minimum Gasteiger partial charge on any atom is -0.492 e. The van der Waals surface area contributed by atoms with Crippen molar-refractivity contribution in [3.63, 3.8) is 0 Å². The number of thiol groups is 1. The van der Waals surface area contributed by atoms with Crippen LogP contribution in [0.5, 0.6) is 5.75 Å². The summed E-state index contributed by atoms with van der Waals surface area (Å²) in [6, 6.07) is 4.79. The van der Waals surface area contributed by atoms with Gasteiger partial charge in [0.1, 0.15) is 10.2 Å². The highest BCUT2D eigenvalue weighted by atomic mass is 79.9. The Balaban J connectivity index is 2.10. The zero-order valence-corrected chi connectivity index (χ0v) is 13.4. The first-order valence-corrected chi connectivity index (χ1v) is 7.75. The Morgan fingerprint density at radius 3 is 2.75 bits per heavy atom. The third-order valence-electron chi connectivity index (χ3n) is 3.56. The highest BCUT2D eigenvalue weighted by molar-refractivity contribution is 9.10. The number of ether oxygens (including phenoxy) is 2. The first-order chi connectivity index (χ1) is 9.58. The van der Waals surface area contributed by atoms with Crippen molar-refractivity contribution in [2.75, 3.05) is 25.6 Å². The van der Waals surface area contributed by atoms with E-state index in [4.69, 9.17) is 9.47 Å². The topological polar surface area (TPSA) is 61.6 Å². The van der Waals surface area contributed by atoms with Crippen LogP contribution in [0.15, 0.2) is 22.7 Å². The van der Waals surface area contributed by atoms with Gasteiger partial charge in [-0.2, -0.15) is 12.6 Å². The van der Waals surface area contributed by atoms with Crippen molar-refractivity contribution in [2.24, 2.45) is 5.41 Å². The predicted octanol–water partition coefficient (Wildman–Crippen LogP) is 3.46. The SMILES string of the molecule is O=[N+]([O-])c1cccc(OCC2(CS)CCOCC2)c1Br. The molecule has 2 rings (SSSR count). The Kier molecular flexibility index (Phi) is 5.29. The highest BCUT2D eigenvalue weighted by Crippen LogP contribution is 2.37. The van der Waals surface area contributed by atoms with Crippen molar-refractivity contribution in [3.05, 3.63) is 32.8 Å². The van der Waals surface area contributed by atoms with Crippen molar-refractivity contribution in [1.29, 1.82) is 0 Å². The van der Waals surface area contributed by atoms with Crippen LogP contribution in [0, 0.1) is 15.5 Å². The van der Waals surface area contributed by atoms with Gasteiger partial charge in [-0.3, -0.25) is 10.1 Å².